The van der Waals surface area contributed by atoms with E-state index in [0.29, 0.717) is 27.1 Å². The topological polar surface area (TPSA) is 73.4 Å². The van der Waals surface area contributed by atoms with Crippen molar-refractivity contribution in [3.63, 3.8) is 0 Å². The normalized spacial score (nSPS) is 11.4. The first-order valence-electron chi connectivity index (χ1n) is 9.63. The Morgan fingerprint density at radius 1 is 1.06 bits per heavy atom. The predicted molar refractivity (Wildman–Crippen MR) is 121 cm³/mol. The molecule has 0 saturated heterocycles. The second kappa shape index (κ2) is 8.75. The summed E-state index contributed by atoms with van der Waals surface area (Å²) in [7, 11) is 1.57. The van der Waals surface area contributed by atoms with Crippen molar-refractivity contribution < 1.29 is 19.0 Å². The summed E-state index contributed by atoms with van der Waals surface area (Å²) in [6, 6.07) is 10.6. The van der Waals surface area contributed by atoms with Gasteiger partial charge in [0.25, 0.3) is 0 Å². The molecule has 4 rings (SSSR count). The lowest BCUT2D eigenvalue weighted by atomic mass is 10.1. The van der Waals surface area contributed by atoms with E-state index in [4.69, 9.17) is 37.4 Å². The zero-order valence-corrected chi connectivity index (χ0v) is 18.7. The molecule has 31 heavy (non-hydrogen) atoms. The molecule has 2 aromatic heterocycles. The Bertz CT molecular complexity index is 1260. The summed E-state index contributed by atoms with van der Waals surface area (Å²) >= 11 is 12.2. The second-order valence-electron chi connectivity index (χ2n) is 7.30. The Morgan fingerprint density at radius 3 is 2.48 bits per heavy atom. The highest BCUT2D eigenvalue weighted by molar-refractivity contribution is 6.34. The summed E-state index contributed by atoms with van der Waals surface area (Å²) in [4.78, 5) is 20.3. The highest BCUT2D eigenvalue weighted by Crippen LogP contribution is 2.35. The van der Waals surface area contributed by atoms with Gasteiger partial charge in [0, 0.05) is 39.0 Å². The molecule has 0 aliphatic rings. The van der Waals surface area contributed by atoms with E-state index in [1.165, 1.54) is 0 Å². The maximum atomic E-state index is 12.6. The van der Waals surface area contributed by atoms with E-state index in [0.717, 1.165) is 21.8 Å². The lowest BCUT2D eigenvalue weighted by molar-refractivity contribution is 0.0366. The second-order valence-corrected chi connectivity index (χ2v) is 8.17. The molecule has 0 fully saturated rings. The van der Waals surface area contributed by atoms with Crippen molar-refractivity contribution in [1.29, 1.82) is 0 Å². The van der Waals surface area contributed by atoms with Gasteiger partial charge < -0.3 is 19.2 Å². The van der Waals surface area contributed by atoms with Crippen molar-refractivity contribution >= 4 is 51.0 Å². The number of carbonyl (C=O) groups is 1. The molecule has 160 valence electrons. The van der Waals surface area contributed by atoms with Crippen molar-refractivity contribution in [2.45, 2.75) is 26.6 Å². The van der Waals surface area contributed by atoms with Gasteiger partial charge >= 0.3 is 5.97 Å². The standard InChI is InChI=1S/C23H20Cl2N2O4/c1-12(2)30-23(28)22-18(11-29-3)21-17-9-15(4-5-19(17)27-20(21)10-26-22)31-16-7-13(24)6-14(25)8-16/h4-10,12,27H,11H2,1-3H3. The number of aromatic amines is 1. The maximum absolute atomic E-state index is 12.6. The molecule has 0 unspecified atom stereocenters. The fraction of sp³-hybridized carbons (Fsp3) is 0.217. The van der Waals surface area contributed by atoms with Gasteiger partial charge in [0.1, 0.15) is 11.5 Å². The van der Waals surface area contributed by atoms with Gasteiger partial charge in [-0.3, -0.25) is 0 Å². The number of carbonyl (C=O) groups excluding carboxylic acids is 1. The van der Waals surface area contributed by atoms with Crippen molar-refractivity contribution in [3.8, 4) is 11.5 Å². The molecule has 8 heteroatoms. The van der Waals surface area contributed by atoms with Crippen LogP contribution in [-0.2, 0) is 16.1 Å². The van der Waals surface area contributed by atoms with Crippen LogP contribution in [-0.4, -0.2) is 29.2 Å². The molecule has 0 bridgehead atoms. The van der Waals surface area contributed by atoms with Gasteiger partial charge in [-0.05, 0) is 50.2 Å². The van der Waals surface area contributed by atoms with E-state index >= 15 is 0 Å². The molecule has 6 nitrogen and oxygen atoms in total. The minimum absolute atomic E-state index is 0.203. The number of aromatic nitrogens is 2. The number of ether oxygens (including phenoxy) is 3. The number of fused-ring (bicyclic) bond motifs is 3. The Labute approximate surface area is 189 Å². The smallest absolute Gasteiger partial charge is 0.357 e. The first-order chi connectivity index (χ1) is 14.9. The van der Waals surface area contributed by atoms with Gasteiger partial charge in [0.05, 0.1) is 24.4 Å². The monoisotopic (exact) mass is 458 g/mol. The number of H-pyrrole nitrogens is 1. The lowest BCUT2D eigenvalue weighted by Gasteiger charge is -2.12. The fourth-order valence-electron chi connectivity index (χ4n) is 3.46. The average Bonchev–Trinajstić information content (AvgIpc) is 3.05. The lowest BCUT2D eigenvalue weighted by Crippen LogP contribution is -2.15. The number of esters is 1. The number of pyridine rings is 1. The number of benzene rings is 2. The van der Waals surface area contributed by atoms with Crippen LogP contribution in [0, 0.1) is 0 Å². The van der Waals surface area contributed by atoms with Crippen LogP contribution in [0.1, 0.15) is 29.9 Å². The Balaban J connectivity index is 1.85. The zero-order valence-electron chi connectivity index (χ0n) is 17.2. The van der Waals surface area contributed by atoms with Crippen LogP contribution >= 0.6 is 23.2 Å². The molecule has 0 aliphatic heterocycles. The molecular weight excluding hydrogens is 439 g/mol. The molecule has 2 heterocycles. The SMILES string of the molecule is COCc1c(C(=O)OC(C)C)ncc2[nH]c3ccc(Oc4cc(Cl)cc(Cl)c4)cc3c12. The number of methoxy groups -OCH3 is 1. The fourth-order valence-corrected chi connectivity index (χ4v) is 3.96. The third-order valence-electron chi connectivity index (χ3n) is 4.61. The van der Waals surface area contributed by atoms with Crippen LogP contribution in [0.4, 0.5) is 0 Å². The number of hydrogen-bond donors (Lipinski definition) is 1. The van der Waals surface area contributed by atoms with E-state index in [2.05, 4.69) is 9.97 Å². The average molecular weight is 459 g/mol. The van der Waals surface area contributed by atoms with E-state index < -0.39 is 5.97 Å². The van der Waals surface area contributed by atoms with Gasteiger partial charge in [-0.15, -0.1) is 0 Å². The summed E-state index contributed by atoms with van der Waals surface area (Å²) in [6.45, 7) is 3.79. The quantitative estimate of drug-likeness (QED) is 0.332. The van der Waals surface area contributed by atoms with Gasteiger partial charge in [0.15, 0.2) is 5.69 Å². The number of nitrogens with one attached hydrogen (secondary N) is 1. The summed E-state index contributed by atoms with van der Waals surface area (Å²) < 4.78 is 16.7. The molecule has 0 amide bonds. The minimum Gasteiger partial charge on any atom is -0.458 e. The summed E-state index contributed by atoms with van der Waals surface area (Å²) in [5, 5.41) is 2.67. The van der Waals surface area contributed by atoms with Crippen LogP contribution in [0.5, 0.6) is 11.5 Å². The molecular formula is C23H20Cl2N2O4. The first-order valence-corrected chi connectivity index (χ1v) is 10.4. The molecule has 1 N–H and O–H groups in total. The van der Waals surface area contributed by atoms with Gasteiger partial charge in [-0.25, -0.2) is 9.78 Å². The van der Waals surface area contributed by atoms with Crippen molar-refractivity contribution in [3.05, 3.63) is 63.9 Å². The predicted octanol–water partition coefficient (Wildman–Crippen LogP) is 6.53. The Morgan fingerprint density at radius 2 is 1.81 bits per heavy atom. The third-order valence-corrected chi connectivity index (χ3v) is 5.04. The van der Waals surface area contributed by atoms with E-state index in [9.17, 15) is 4.79 Å². The summed E-state index contributed by atoms with van der Waals surface area (Å²) in [5.41, 5.74) is 2.54. The van der Waals surface area contributed by atoms with Crippen molar-refractivity contribution in [2.24, 2.45) is 0 Å². The highest BCUT2D eigenvalue weighted by atomic mass is 35.5. The van der Waals surface area contributed by atoms with Crippen LogP contribution in [0.3, 0.4) is 0 Å². The van der Waals surface area contributed by atoms with E-state index in [1.807, 2.05) is 18.2 Å². The summed E-state index contributed by atoms with van der Waals surface area (Å²) in [5.74, 6) is 0.633. The van der Waals surface area contributed by atoms with E-state index in [1.54, 1.807) is 45.4 Å². The van der Waals surface area contributed by atoms with Gasteiger partial charge in [-0.2, -0.15) is 0 Å². The van der Waals surface area contributed by atoms with Crippen LogP contribution in [0.25, 0.3) is 21.8 Å². The summed E-state index contributed by atoms with van der Waals surface area (Å²) in [6.07, 6.45) is 1.37. The van der Waals surface area contributed by atoms with Crippen molar-refractivity contribution in [1.82, 2.24) is 9.97 Å². The first kappa shape index (κ1) is 21.4. The number of hydrogen-bond acceptors (Lipinski definition) is 5. The molecule has 0 spiro atoms. The Kier molecular flexibility index (Phi) is 6.05. The molecule has 4 aromatic rings. The highest BCUT2D eigenvalue weighted by Gasteiger charge is 2.21. The van der Waals surface area contributed by atoms with Gasteiger partial charge in [0.2, 0.25) is 0 Å². The van der Waals surface area contributed by atoms with Gasteiger partial charge in [-0.1, -0.05) is 23.2 Å². The third kappa shape index (κ3) is 4.46. The largest absolute Gasteiger partial charge is 0.458 e. The molecule has 2 aromatic carbocycles. The molecule has 0 saturated carbocycles. The minimum atomic E-state index is -0.487. The number of halogens is 2. The zero-order chi connectivity index (χ0) is 22.1. The Hall–Kier alpha value is -2.80. The number of rotatable bonds is 6. The maximum Gasteiger partial charge on any atom is 0.357 e. The molecule has 0 aliphatic carbocycles. The van der Waals surface area contributed by atoms with Crippen molar-refractivity contribution in [2.75, 3.05) is 7.11 Å². The molecule has 0 atom stereocenters. The van der Waals surface area contributed by atoms with Crippen LogP contribution in [0.15, 0.2) is 42.6 Å². The van der Waals surface area contributed by atoms with Crippen LogP contribution < -0.4 is 4.74 Å². The van der Waals surface area contributed by atoms with Crippen LogP contribution in [0.2, 0.25) is 10.0 Å². The number of nitrogens with zero attached hydrogens (tertiary/aromatic N) is 1. The van der Waals surface area contributed by atoms with E-state index in [-0.39, 0.29) is 18.4 Å². The molecule has 0 radical (unpaired) electrons.